The molecule has 0 saturated heterocycles. The molecule has 0 aliphatic heterocycles. The second kappa shape index (κ2) is 28.1. The van der Waals surface area contributed by atoms with Crippen molar-refractivity contribution in [1.82, 2.24) is 34.1 Å². The van der Waals surface area contributed by atoms with Crippen LogP contribution in [0, 0.1) is 13.8 Å². The molecule has 0 aliphatic carbocycles. The maximum atomic E-state index is 13.9. The molecule has 19 nitrogen and oxygen atoms in total. The van der Waals surface area contributed by atoms with Gasteiger partial charge in [-0.2, -0.15) is 26.3 Å². The molecule has 2 aromatic heterocycles. The van der Waals surface area contributed by atoms with E-state index in [0.29, 0.717) is 48.4 Å². The number of hydrogen-bond acceptors (Lipinski definition) is 13. The van der Waals surface area contributed by atoms with Gasteiger partial charge in [-0.1, -0.05) is 36.4 Å². The van der Waals surface area contributed by atoms with Gasteiger partial charge in [-0.3, -0.25) is 28.3 Å². The quantitative estimate of drug-likeness (QED) is 0.0190. The number of carbonyl (C=O) groups is 2. The Labute approximate surface area is 518 Å². The van der Waals surface area contributed by atoms with Gasteiger partial charge in [0, 0.05) is 70.1 Å². The molecular formula is C61H59F6N9O10S4. The maximum Gasteiger partial charge on any atom is 0.416 e. The van der Waals surface area contributed by atoms with Gasteiger partial charge in [0.2, 0.25) is 20.0 Å². The summed E-state index contributed by atoms with van der Waals surface area (Å²) >= 11 is 0. The number of amides is 2. The predicted molar refractivity (Wildman–Crippen MR) is 327 cm³/mol. The van der Waals surface area contributed by atoms with E-state index >= 15 is 0 Å². The highest BCUT2D eigenvalue weighted by atomic mass is 32.2. The highest BCUT2D eigenvalue weighted by Gasteiger charge is 2.33. The Morgan fingerprint density at radius 2 is 0.867 bits per heavy atom. The van der Waals surface area contributed by atoms with Crippen LogP contribution in [-0.4, -0.2) is 84.3 Å². The third-order valence-electron chi connectivity index (χ3n) is 14.1. The van der Waals surface area contributed by atoms with Gasteiger partial charge in [-0.25, -0.2) is 34.7 Å². The van der Waals surface area contributed by atoms with Gasteiger partial charge in [-0.15, -0.1) is 0 Å². The van der Waals surface area contributed by atoms with Crippen LogP contribution in [-0.2, 0) is 67.1 Å². The molecule has 8 aromatic rings. The largest absolute Gasteiger partial charge is 0.416 e. The summed E-state index contributed by atoms with van der Waals surface area (Å²) < 4.78 is 170. The van der Waals surface area contributed by atoms with E-state index in [2.05, 4.69) is 20.1 Å². The summed E-state index contributed by atoms with van der Waals surface area (Å²) in [4.78, 5) is 57.4. The fourth-order valence-electron chi connectivity index (χ4n) is 9.28. The fraction of sp³-hybridized carbons (Fsp3) is 0.213. The fourth-order valence-corrected chi connectivity index (χ4v) is 13.9. The van der Waals surface area contributed by atoms with Crippen molar-refractivity contribution in [3.05, 3.63) is 223 Å². The number of alkyl halides is 6. The molecule has 2 atom stereocenters. The molecule has 0 aliphatic rings. The zero-order valence-electron chi connectivity index (χ0n) is 48.1. The van der Waals surface area contributed by atoms with E-state index in [9.17, 15) is 70.8 Å². The van der Waals surface area contributed by atoms with Crippen LogP contribution in [0.25, 0.3) is 11.4 Å². The Bertz CT molecular complexity index is 4120. The minimum atomic E-state index is -4.76. The van der Waals surface area contributed by atoms with Crippen molar-refractivity contribution in [3.63, 3.8) is 0 Å². The van der Waals surface area contributed by atoms with Crippen LogP contribution in [0.5, 0.6) is 0 Å². The highest BCUT2D eigenvalue weighted by molar-refractivity contribution is 7.89. The van der Waals surface area contributed by atoms with Gasteiger partial charge in [0.1, 0.15) is 11.1 Å². The zero-order valence-corrected chi connectivity index (χ0v) is 51.4. The summed E-state index contributed by atoms with van der Waals surface area (Å²) in [5.41, 5.74) is 7.66. The zero-order chi connectivity index (χ0) is 65.5. The van der Waals surface area contributed by atoms with Crippen molar-refractivity contribution in [3.8, 4) is 11.4 Å². The van der Waals surface area contributed by atoms with Gasteiger partial charge in [-0.05, 0) is 179 Å². The van der Waals surface area contributed by atoms with Gasteiger partial charge >= 0.3 is 12.4 Å². The molecule has 0 bridgehead atoms. The molecular weight excluding hydrogens is 1260 g/mol. The third kappa shape index (κ3) is 16.2. The van der Waals surface area contributed by atoms with Crippen molar-refractivity contribution in [2.24, 2.45) is 0 Å². The topological polar surface area (TPSA) is 284 Å². The Hall–Kier alpha value is -8.58. The summed E-state index contributed by atoms with van der Waals surface area (Å²) in [6.07, 6.45) is -8.78. The van der Waals surface area contributed by atoms with Crippen LogP contribution < -0.4 is 42.7 Å². The standard InChI is InChI=1S/C61H59F6N9O10S4/c1-38-54(87(81)48-20-16-44(68)17-21-48)34-52(58(79)75(38)46-10-4-8-42(32-46)60(62,63)64)56(77)70-36-40-12-24-50(25-13-40)89(83,84)72-28-6-30-74(3)31-7-29-73-90(85,86)51-26-14-41(15-27-51)37-71-57(78)53-35-55(88(82)49-22-18-45(69)19-23-49)39(2)76(59(53)80)47-11-5-9-43(33-47)61(65,66)67/h4-5,8-27,32-35,72-73H,6-7,28-31,36-37,68-69H2,1-3H3,(H,70,77)(H,71,78). The lowest BCUT2D eigenvalue weighted by Gasteiger charge is -2.18. The molecule has 29 heteroatoms. The van der Waals surface area contributed by atoms with Crippen molar-refractivity contribution in [2.45, 2.75) is 81.5 Å². The van der Waals surface area contributed by atoms with Crippen molar-refractivity contribution in [1.29, 1.82) is 0 Å². The van der Waals surface area contributed by atoms with Crippen molar-refractivity contribution >= 4 is 64.8 Å². The first-order valence-corrected chi connectivity index (χ1v) is 32.6. The van der Waals surface area contributed by atoms with E-state index < -0.39 is 99.2 Å². The molecule has 2 amide bonds. The molecule has 8 N–H and O–H groups in total. The minimum absolute atomic E-state index is 0.0222. The number of carbonyl (C=O) groups excluding carboxylic acids is 2. The Morgan fingerprint density at radius 1 is 0.522 bits per heavy atom. The molecule has 2 unspecified atom stereocenters. The van der Waals surface area contributed by atoms with E-state index in [1.54, 1.807) is 7.05 Å². The molecule has 0 radical (unpaired) electrons. The molecule has 2 heterocycles. The molecule has 0 saturated carbocycles. The van der Waals surface area contributed by atoms with E-state index in [1.165, 1.54) is 123 Å². The number of pyridine rings is 2. The summed E-state index contributed by atoms with van der Waals surface area (Å²) in [6, 6.07) is 32.9. The number of hydrogen-bond donors (Lipinski definition) is 6. The maximum absolute atomic E-state index is 13.9. The number of anilines is 2. The number of rotatable bonds is 24. The van der Waals surface area contributed by atoms with Gasteiger partial charge in [0.05, 0.1) is 52.3 Å². The van der Waals surface area contributed by atoms with Gasteiger partial charge < -0.3 is 27.0 Å². The molecule has 90 heavy (non-hydrogen) atoms. The van der Waals surface area contributed by atoms with Crippen LogP contribution in [0.1, 0.15) is 67.2 Å². The Balaban J connectivity index is 0.804. The van der Waals surface area contributed by atoms with Crippen LogP contribution in [0.3, 0.4) is 0 Å². The van der Waals surface area contributed by atoms with Crippen molar-refractivity contribution < 1.29 is 61.2 Å². The minimum Gasteiger partial charge on any atom is -0.399 e. The van der Waals surface area contributed by atoms with Crippen LogP contribution in [0.15, 0.2) is 197 Å². The lowest BCUT2D eigenvalue weighted by Crippen LogP contribution is -2.34. The molecule has 0 fully saturated rings. The van der Waals surface area contributed by atoms with Crippen LogP contribution in [0.4, 0.5) is 37.7 Å². The number of nitrogen functional groups attached to an aromatic ring is 2. The highest BCUT2D eigenvalue weighted by Crippen LogP contribution is 2.33. The SMILES string of the molecule is Cc1c(S(=O)c2ccc(N)cc2)cc(C(=O)NCc2ccc(S(=O)(=O)NCCCN(C)CCCNS(=O)(=O)c3ccc(CNC(=O)c4cc(S(=O)c5ccc(N)cc5)c(C)n(-c5cccc(C(F)(F)F)c5)c4=O)cc3)cc2)c(=O)n1-c1cccc(C(F)(F)F)c1. The number of aromatic nitrogens is 2. The molecule has 6 aromatic carbocycles. The molecule has 8 rings (SSSR count). The number of sulfonamides is 2. The monoisotopic (exact) mass is 1320 g/mol. The number of nitrogens with two attached hydrogens (primary N) is 2. The van der Waals surface area contributed by atoms with E-state index in [4.69, 9.17) is 11.5 Å². The predicted octanol–water partition coefficient (Wildman–Crippen LogP) is 7.97. The third-order valence-corrected chi connectivity index (χ3v) is 20.1. The lowest BCUT2D eigenvalue weighted by atomic mass is 10.1. The van der Waals surface area contributed by atoms with E-state index in [1.807, 2.05) is 4.90 Å². The van der Waals surface area contributed by atoms with E-state index in [-0.39, 0.29) is 78.3 Å². The Kier molecular flexibility index (Phi) is 21.0. The average Bonchev–Trinajstić information content (AvgIpc) is 0.799. The van der Waals surface area contributed by atoms with E-state index in [0.717, 1.165) is 57.7 Å². The number of nitrogens with zero attached hydrogens (tertiary/aromatic N) is 3. The smallest absolute Gasteiger partial charge is 0.399 e. The number of benzene rings is 6. The average molecular weight is 1320 g/mol. The van der Waals surface area contributed by atoms with Gasteiger partial charge in [0.15, 0.2) is 0 Å². The first-order valence-electron chi connectivity index (χ1n) is 27.3. The van der Waals surface area contributed by atoms with Gasteiger partial charge in [0.25, 0.3) is 22.9 Å². The Morgan fingerprint density at radius 3 is 1.20 bits per heavy atom. The summed E-state index contributed by atoms with van der Waals surface area (Å²) in [6.45, 7) is 3.31. The number of halogens is 6. The number of nitrogens with one attached hydrogen (secondary N) is 4. The molecule has 0 spiro atoms. The first-order chi connectivity index (χ1) is 42.4. The van der Waals surface area contributed by atoms with Crippen LogP contribution >= 0.6 is 0 Å². The summed E-state index contributed by atoms with van der Waals surface area (Å²) in [5, 5.41) is 5.16. The van der Waals surface area contributed by atoms with Crippen molar-refractivity contribution in [2.75, 3.05) is 44.7 Å². The summed E-state index contributed by atoms with van der Waals surface area (Å²) in [7, 11) is -10.3. The molecule has 474 valence electrons. The first kappa shape index (κ1) is 67.4. The second-order valence-electron chi connectivity index (χ2n) is 20.5. The normalized spacial score (nSPS) is 12.8. The summed E-state index contributed by atoms with van der Waals surface area (Å²) in [5.74, 6) is -1.89. The lowest BCUT2D eigenvalue weighted by molar-refractivity contribution is -0.138. The van der Waals surface area contributed by atoms with Crippen LogP contribution in [0.2, 0.25) is 0 Å². The second-order valence-corrected chi connectivity index (χ2v) is 27.0.